The summed E-state index contributed by atoms with van der Waals surface area (Å²) in [4.78, 5) is 12.0. The number of hydrogen-bond acceptors (Lipinski definition) is 5. The van der Waals surface area contributed by atoms with E-state index in [9.17, 15) is 0 Å². The summed E-state index contributed by atoms with van der Waals surface area (Å²) in [5, 5.41) is 3.51. The fraction of sp³-hybridized carbons (Fsp3) is 0.500. The Kier molecular flexibility index (Phi) is 5.13. The average Bonchev–Trinajstić information content (AvgIpc) is 3.27. The minimum absolute atomic E-state index is 0.388. The number of thiazole rings is 1. The Balaban J connectivity index is 1.41. The van der Waals surface area contributed by atoms with Gasteiger partial charge >= 0.3 is 0 Å². The Morgan fingerprint density at radius 1 is 1.28 bits per heavy atom. The summed E-state index contributed by atoms with van der Waals surface area (Å²) >= 11 is 1.81. The number of unbranched alkanes of at least 4 members (excludes halogenated alkanes) is 1. The molecule has 0 saturated carbocycles. The Labute approximate surface area is 152 Å². The molecule has 0 N–H and O–H groups in total. The quantitative estimate of drug-likeness (QED) is 0.623. The van der Waals surface area contributed by atoms with Gasteiger partial charge in [-0.3, -0.25) is 4.90 Å². The van der Waals surface area contributed by atoms with Gasteiger partial charge in [0.2, 0.25) is 0 Å². The summed E-state index contributed by atoms with van der Waals surface area (Å²) in [7, 11) is 0. The molecule has 3 aromatic rings. The van der Waals surface area contributed by atoms with Gasteiger partial charge in [-0.1, -0.05) is 25.5 Å². The SMILES string of the molecule is CCCCc1nc(CN2CCCC(c3nc4ccccc4o3)C2)cs1. The molecule has 1 unspecified atom stereocenters. The Bertz CT molecular complexity index is 792. The molecule has 3 heterocycles. The van der Waals surface area contributed by atoms with E-state index in [4.69, 9.17) is 14.4 Å². The lowest BCUT2D eigenvalue weighted by Gasteiger charge is -2.30. The van der Waals surface area contributed by atoms with Crippen molar-refractivity contribution in [2.24, 2.45) is 0 Å². The largest absolute Gasteiger partial charge is 0.440 e. The molecule has 0 spiro atoms. The lowest BCUT2D eigenvalue weighted by atomic mass is 9.98. The van der Waals surface area contributed by atoms with Crippen molar-refractivity contribution in [3.8, 4) is 0 Å². The van der Waals surface area contributed by atoms with Gasteiger partial charge in [0, 0.05) is 24.4 Å². The number of nitrogens with zero attached hydrogens (tertiary/aromatic N) is 3. The zero-order chi connectivity index (χ0) is 17.1. The van der Waals surface area contributed by atoms with Crippen LogP contribution in [0.2, 0.25) is 0 Å². The summed E-state index contributed by atoms with van der Waals surface area (Å²) in [5.74, 6) is 1.28. The van der Waals surface area contributed by atoms with Crippen LogP contribution in [0.5, 0.6) is 0 Å². The summed E-state index contributed by atoms with van der Waals surface area (Å²) in [6.07, 6.45) is 5.93. The molecule has 5 heteroatoms. The van der Waals surface area contributed by atoms with E-state index in [1.54, 1.807) is 0 Å². The first-order chi connectivity index (χ1) is 12.3. The number of aromatic nitrogens is 2. The third-order valence-electron chi connectivity index (χ3n) is 4.89. The van der Waals surface area contributed by atoms with Gasteiger partial charge in [-0.25, -0.2) is 9.97 Å². The van der Waals surface area contributed by atoms with Crippen LogP contribution in [0.4, 0.5) is 0 Å². The highest BCUT2D eigenvalue weighted by atomic mass is 32.1. The van der Waals surface area contributed by atoms with Gasteiger partial charge in [-0.05, 0) is 44.4 Å². The van der Waals surface area contributed by atoms with E-state index in [1.165, 1.54) is 30.0 Å². The van der Waals surface area contributed by atoms with Crippen LogP contribution in [-0.4, -0.2) is 28.0 Å². The molecule has 2 aromatic heterocycles. The molecule has 0 amide bonds. The van der Waals surface area contributed by atoms with Crippen molar-refractivity contribution in [1.82, 2.24) is 14.9 Å². The summed E-state index contributed by atoms with van der Waals surface area (Å²) in [6.45, 7) is 5.32. The zero-order valence-corrected chi connectivity index (χ0v) is 15.6. The van der Waals surface area contributed by atoms with Crippen LogP contribution in [0.15, 0.2) is 34.1 Å². The number of aryl methyl sites for hydroxylation is 1. The maximum atomic E-state index is 6.00. The van der Waals surface area contributed by atoms with Crippen molar-refractivity contribution in [3.63, 3.8) is 0 Å². The predicted octanol–water partition coefficient (Wildman–Crippen LogP) is 5.01. The molecule has 1 atom stereocenters. The third-order valence-corrected chi connectivity index (χ3v) is 5.85. The number of para-hydroxylation sites is 2. The number of hydrogen-bond donors (Lipinski definition) is 0. The normalized spacial score (nSPS) is 18.8. The van der Waals surface area contributed by atoms with Gasteiger partial charge < -0.3 is 4.42 Å². The van der Waals surface area contributed by atoms with Crippen LogP contribution in [0.1, 0.15) is 55.1 Å². The van der Waals surface area contributed by atoms with Crippen LogP contribution in [0.25, 0.3) is 11.1 Å². The van der Waals surface area contributed by atoms with E-state index in [0.717, 1.165) is 49.5 Å². The second kappa shape index (κ2) is 7.67. The van der Waals surface area contributed by atoms with E-state index >= 15 is 0 Å². The van der Waals surface area contributed by atoms with Crippen molar-refractivity contribution in [2.75, 3.05) is 13.1 Å². The monoisotopic (exact) mass is 355 g/mol. The Morgan fingerprint density at radius 3 is 3.08 bits per heavy atom. The average molecular weight is 356 g/mol. The first kappa shape index (κ1) is 16.7. The second-order valence-corrected chi connectivity index (χ2v) is 7.87. The highest BCUT2D eigenvalue weighted by Gasteiger charge is 2.25. The molecule has 0 aliphatic carbocycles. The van der Waals surface area contributed by atoms with E-state index in [-0.39, 0.29) is 0 Å². The lowest BCUT2D eigenvalue weighted by Crippen LogP contribution is -2.34. The summed E-state index contributed by atoms with van der Waals surface area (Å²) in [6, 6.07) is 8.04. The molecule has 0 radical (unpaired) electrons. The molecule has 1 aliphatic heterocycles. The van der Waals surface area contributed by atoms with Crippen LogP contribution >= 0.6 is 11.3 Å². The fourth-order valence-corrected chi connectivity index (χ4v) is 4.39. The summed E-state index contributed by atoms with van der Waals surface area (Å²) < 4.78 is 6.00. The second-order valence-electron chi connectivity index (χ2n) is 6.93. The van der Waals surface area contributed by atoms with Crippen molar-refractivity contribution >= 4 is 22.4 Å². The lowest BCUT2D eigenvalue weighted by molar-refractivity contribution is 0.185. The number of benzene rings is 1. The van der Waals surface area contributed by atoms with Gasteiger partial charge in [0.1, 0.15) is 5.52 Å². The van der Waals surface area contributed by atoms with Crippen molar-refractivity contribution in [2.45, 2.75) is 51.5 Å². The molecular weight excluding hydrogens is 330 g/mol. The van der Waals surface area contributed by atoms with Crippen LogP contribution in [0.3, 0.4) is 0 Å². The molecule has 1 saturated heterocycles. The van der Waals surface area contributed by atoms with Gasteiger partial charge in [-0.15, -0.1) is 11.3 Å². The molecule has 4 rings (SSSR count). The fourth-order valence-electron chi connectivity index (χ4n) is 3.56. The van der Waals surface area contributed by atoms with E-state index in [2.05, 4.69) is 17.2 Å². The maximum Gasteiger partial charge on any atom is 0.199 e. The van der Waals surface area contributed by atoms with Crippen molar-refractivity contribution in [3.05, 3.63) is 46.2 Å². The van der Waals surface area contributed by atoms with Crippen LogP contribution in [-0.2, 0) is 13.0 Å². The third kappa shape index (κ3) is 3.93. The van der Waals surface area contributed by atoms with Crippen LogP contribution in [0, 0.1) is 0 Å². The highest BCUT2D eigenvalue weighted by molar-refractivity contribution is 7.09. The van der Waals surface area contributed by atoms with E-state index in [1.807, 2.05) is 35.6 Å². The molecule has 0 bridgehead atoms. The molecule has 25 heavy (non-hydrogen) atoms. The Morgan fingerprint density at radius 2 is 2.20 bits per heavy atom. The first-order valence-corrected chi connectivity index (χ1v) is 10.2. The molecular formula is C20H25N3OS. The summed E-state index contributed by atoms with van der Waals surface area (Å²) in [5.41, 5.74) is 3.08. The van der Waals surface area contributed by atoms with Crippen molar-refractivity contribution in [1.29, 1.82) is 0 Å². The number of oxazole rings is 1. The van der Waals surface area contributed by atoms with Crippen LogP contribution < -0.4 is 0 Å². The van der Waals surface area contributed by atoms with Gasteiger partial charge in [0.15, 0.2) is 11.5 Å². The van der Waals surface area contributed by atoms with Gasteiger partial charge in [0.05, 0.1) is 10.7 Å². The number of piperidine rings is 1. The predicted molar refractivity (Wildman–Crippen MR) is 102 cm³/mol. The minimum atomic E-state index is 0.388. The molecule has 1 fully saturated rings. The highest BCUT2D eigenvalue weighted by Crippen LogP contribution is 2.29. The van der Waals surface area contributed by atoms with Gasteiger partial charge in [-0.2, -0.15) is 0 Å². The number of fused-ring (bicyclic) bond motifs is 1. The smallest absolute Gasteiger partial charge is 0.199 e. The minimum Gasteiger partial charge on any atom is -0.440 e. The standard InChI is InChI=1S/C20H25N3OS/c1-2-3-10-19-21-16(14-25-19)13-23-11-6-7-15(12-23)20-22-17-8-4-5-9-18(17)24-20/h4-5,8-9,14-15H,2-3,6-7,10-13H2,1H3. The molecule has 4 nitrogen and oxygen atoms in total. The molecule has 1 aliphatic rings. The van der Waals surface area contributed by atoms with Crippen molar-refractivity contribution < 1.29 is 4.42 Å². The number of rotatable bonds is 6. The van der Waals surface area contributed by atoms with E-state index < -0.39 is 0 Å². The molecule has 132 valence electrons. The zero-order valence-electron chi connectivity index (χ0n) is 14.8. The number of likely N-dealkylation sites (tertiary alicyclic amines) is 1. The van der Waals surface area contributed by atoms with E-state index in [0.29, 0.717) is 5.92 Å². The first-order valence-electron chi connectivity index (χ1n) is 9.33. The topological polar surface area (TPSA) is 42.2 Å². The maximum absolute atomic E-state index is 6.00. The van der Waals surface area contributed by atoms with Gasteiger partial charge in [0.25, 0.3) is 0 Å². The molecule has 1 aromatic carbocycles. The Hall–Kier alpha value is -1.72.